The molecule has 2 aromatic carbocycles. The Balaban J connectivity index is 0.000000552. The number of nitrogens with two attached hydrogens (primary N) is 1. The maximum atomic E-state index is 12.2. The lowest BCUT2D eigenvalue weighted by Crippen LogP contribution is -2.02. The molecule has 26 heavy (non-hydrogen) atoms. The highest BCUT2D eigenvalue weighted by Gasteiger charge is 2.08. The van der Waals surface area contributed by atoms with Crippen molar-refractivity contribution in [3.8, 4) is 17.1 Å². The molecule has 5 heteroatoms. The van der Waals surface area contributed by atoms with E-state index in [9.17, 15) is 4.79 Å². The van der Waals surface area contributed by atoms with Crippen molar-refractivity contribution in [2.24, 2.45) is 5.73 Å². The first-order chi connectivity index (χ1) is 12.7. The first-order valence-electron chi connectivity index (χ1n) is 8.76. The zero-order chi connectivity index (χ0) is 18.8. The van der Waals surface area contributed by atoms with E-state index in [-0.39, 0.29) is 12.0 Å². The third-order valence-corrected chi connectivity index (χ3v) is 3.62. The van der Waals surface area contributed by atoms with Gasteiger partial charge in [0.15, 0.2) is 5.43 Å². The van der Waals surface area contributed by atoms with Gasteiger partial charge >= 0.3 is 0 Å². The summed E-state index contributed by atoms with van der Waals surface area (Å²) in [5.41, 5.74) is 6.29. The fourth-order valence-electron chi connectivity index (χ4n) is 2.22. The van der Waals surface area contributed by atoms with Gasteiger partial charge in [-0.2, -0.15) is 0 Å². The zero-order valence-electron chi connectivity index (χ0n) is 15.0. The molecule has 0 saturated carbocycles. The van der Waals surface area contributed by atoms with Crippen LogP contribution in [0.3, 0.4) is 0 Å². The quantitative estimate of drug-likeness (QED) is 0.660. The van der Waals surface area contributed by atoms with Crippen LogP contribution in [0, 0.1) is 0 Å². The minimum atomic E-state index is -0.0815. The number of aliphatic hydroxyl groups is 1. The molecule has 0 fully saturated rings. The molecule has 5 nitrogen and oxygen atoms in total. The van der Waals surface area contributed by atoms with E-state index >= 15 is 0 Å². The SMILES string of the molecule is CCCN.O=c1cc(-c2ccccc2)oc2cc(OCCCO)ccc12. The first kappa shape index (κ1) is 19.7. The number of ether oxygens (including phenoxy) is 1. The van der Waals surface area contributed by atoms with Crippen molar-refractivity contribution in [1.29, 1.82) is 0 Å². The molecule has 0 aliphatic heterocycles. The van der Waals surface area contributed by atoms with E-state index in [0.29, 0.717) is 35.5 Å². The molecule has 0 unspecified atom stereocenters. The molecule has 3 rings (SSSR count). The number of fused-ring (bicyclic) bond motifs is 1. The third kappa shape index (κ3) is 5.44. The molecule has 1 aromatic heterocycles. The minimum Gasteiger partial charge on any atom is -0.493 e. The largest absolute Gasteiger partial charge is 0.493 e. The Morgan fingerprint density at radius 3 is 2.50 bits per heavy atom. The Kier molecular flexibility index (Phi) is 7.86. The molecule has 0 aliphatic carbocycles. The molecular weight excluding hydrogens is 330 g/mol. The number of hydrogen-bond acceptors (Lipinski definition) is 5. The van der Waals surface area contributed by atoms with Crippen molar-refractivity contribution in [3.05, 3.63) is 64.8 Å². The fourth-order valence-corrected chi connectivity index (χ4v) is 2.22. The third-order valence-electron chi connectivity index (χ3n) is 3.62. The van der Waals surface area contributed by atoms with Crippen LogP contribution in [0.4, 0.5) is 0 Å². The van der Waals surface area contributed by atoms with Gasteiger partial charge in [-0.05, 0) is 25.1 Å². The lowest BCUT2D eigenvalue weighted by Gasteiger charge is -2.07. The van der Waals surface area contributed by atoms with Gasteiger partial charge in [0, 0.05) is 30.7 Å². The molecule has 0 amide bonds. The van der Waals surface area contributed by atoms with Crippen molar-refractivity contribution >= 4 is 11.0 Å². The summed E-state index contributed by atoms with van der Waals surface area (Å²) in [5, 5.41) is 9.30. The Bertz CT molecular complexity index is 857. The predicted octanol–water partition coefficient (Wildman–Crippen LogP) is 3.58. The van der Waals surface area contributed by atoms with Crippen LogP contribution in [0.25, 0.3) is 22.3 Å². The maximum Gasteiger partial charge on any atom is 0.193 e. The summed E-state index contributed by atoms with van der Waals surface area (Å²) in [4.78, 5) is 12.2. The molecule has 0 spiro atoms. The molecule has 0 atom stereocenters. The number of benzene rings is 2. The van der Waals surface area contributed by atoms with Crippen LogP contribution in [0.2, 0.25) is 0 Å². The molecule has 1 heterocycles. The summed E-state index contributed by atoms with van der Waals surface area (Å²) < 4.78 is 11.4. The Morgan fingerprint density at radius 1 is 1.12 bits per heavy atom. The van der Waals surface area contributed by atoms with E-state index in [4.69, 9.17) is 20.0 Å². The molecule has 0 radical (unpaired) electrons. The van der Waals surface area contributed by atoms with Gasteiger partial charge in [0.1, 0.15) is 17.1 Å². The van der Waals surface area contributed by atoms with E-state index in [0.717, 1.165) is 18.5 Å². The molecule has 0 saturated heterocycles. The summed E-state index contributed by atoms with van der Waals surface area (Å²) in [6.07, 6.45) is 1.66. The Hall–Kier alpha value is -2.63. The molecular formula is C21H25NO4. The van der Waals surface area contributed by atoms with Crippen molar-refractivity contribution in [1.82, 2.24) is 0 Å². The van der Waals surface area contributed by atoms with Crippen LogP contribution in [-0.2, 0) is 0 Å². The number of aliphatic hydroxyl groups excluding tert-OH is 1. The second-order valence-electron chi connectivity index (χ2n) is 5.71. The van der Waals surface area contributed by atoms with Gasteiger partial charge < -0.3 is 20.0 Å². The second-order valence-corrected chi connectivity index (χ2v) is 5.71. The average molecular weight is 355 g/mol. The molecule has 0 aliphatic rings. The second kappa shape index (κ2) is 10.4. The summed E-state index contributed by atoms with van der Waals surface area (Å²) in [6, 6.07) is 16.1. The average Bonchev–Trinajstić information content (AvgIpc) is 2.69. The molecule has 0 bridgehead atoms. The lowest BCUT2D eigenvalue weighted by atomic mass is 10.1. The Morgan fingerprint density at radius 2 is 1.85 bits per heavy atom. The first-order valence-corrected chi connectivity index (χ1v) is 8.76. The normalized spacial score (nSPS) is 10.3. The highest BCUT2D eigenvalue weighted by Crippen LogP contribution is 2.24. The standard InChI is InChI=1S/C18H16O4.C3H9N/c19-9-4-10-21-14-7-8-15-16(20)12-17(22-18(15)11-14)13-5-2-1-3-6-13;1-2-3-4/h1-3,5-8,11-12,19H,4,9-10H2;2-4H2,1H3. The van der Waals surface area contributed by atoms with Crippen LogP contribution < -0.4 is 15.9 Å². The number of hydrogen-bond donors (Lipinski definition) is 2. The van der Waals surface area contributed by atoms with E-state index in [1.807, 2.05) is 30.3 Å². The number of rotatable bonds is 6. The van der Waals surface area contributed by atoms with Crippen LogP contribution in [0.5, 0.6) is 5.75 Å². The molecule has 138 valence electrons. The van der Waals surface area contributed by atoms with Gasteiger partial charge in [-0.1, -0.05) is 37.3 Å². The van der Waals surface area contributed by atoms with Crippen LogP contribution in [0.1, 0.15) is 19.8 Å². The van der Waals surface area contributed by atoms with Crippen LogP contribution >= 0.6 is 0 Å². The van der Waals surface area contributed by atoms with E-state index in [2.05, 4.69) is 6.92 Å². The summed E-state index contributed by atoms with van der Waals surface area (Å²) in [6.45, 7) is 3.38. The lowest BCUT2D eigenvalue weighted by molar-refractivity contribution is 0.233. The van der Waals surface area contributed by atoms with E-state index in [1.165, 1.54) is 6.07 Å². The van der Waals surface area contributed by atoms with Gasteiger partial charge in [-0.15, -0.1) is 0 Å². The van der Waals surface area contributed by atoms with Gasteiger partial charge in [0.25, 0.3) is 0 Å². The van der Waals surface area contributed by atoms with Gasteiger partial charge in [-0.25, -0.2) is 0 Å². The van der Waals surface area contributed by atoms with Crippen molar-refractivity contribution in [2.45, 2.75) is 19.8 Å². The van der Waals surface area contributed by atoms with E-state index in [1.54, 1.807) is 18.2 Å². The van der Waals surface area contributed by atoms with Crippen LogP contribution in [0.15, 0.2) is 63.8 Å². The summed E-state index contributed by atoms with van der Waals surface area (Å²) >= 11 is 0. The van der Waals surface area contributed by atoms with Gasteiger partial charge in [-0.3, -0.25) is 4.79 Å². The van der Waals surface area contributed by atoms with Crippen LogP contribution in [-0.4, -0.2) is 24.9 Å². The molecule has 3 aromatic rings. The van der Waals surface area contributed by atoms with Gasteiger partial charge in [0.05, 0.1) is 12.0 Å². The topological polar surface area (TPSA) is 85.7 Å². The predicted molar refractivity (Wildman–Crippen MR) is 104 cm³/mol. The highest BCUT2D eigenvalue weighted by molar-refractivity contribution is 5.80. The highest BCUT2D eigenvalue weighted by atomic mass is 16.5. The van der Waals surface area contributed by atoms with Crippen molar-refractivity contribution < 1.29 is 14.3 Å². The molecule has 3 N–H and O–H groups in total. The van der Waals surface area contributed by atoms with Crippen molar-refractivity contribution in [3.63, 3.8) is 0 Å². The van der Waals surface area contributed by atoms with E-state index < -0.39 is 0 Å². The summed E-state index contributed by atoms with van der Waals surface area (Å²) in [7, 11) is 0. The zero-order valence-corrected chi connectivity index (χ0v) is 15.0. The minimum absolute atomic E-state index is 0.0815. The van der Waals surface area contributed by atoms with Crippen molar-refractivity contribution in [2.75, 3.05) is 19.8 Å². The monoisotopic (exact) mass is 355 g/mol. The maximum absolute atomic E-state index is 12.2. The smallest absolute Gasteiger partial charge is 0.193 e. The fraction of sp³-hybridized carbons (Fsp3) is 0.286. The summed E-state index contributed by atoms with van der Waals surface area (Å²) in [5.74, 6) is 1.15. The Labute approximate surface area is 153 Å². The van der Waals surface area contributed by atoms with Gasteiger partial charge in [0.2, 0.25) is 0 Å².